The van der Waals surface area contributed by atoms with E-state index in [2.05, 4.69) is 19.9 Å². The Morgan fingerprint density at radius 1 is 1.21 bits per heavy atom. The van der Waals surface area contributed by atoms with Crippen molar-refractivity contribution in [2.45, 2.75) is 44.5 Å². The molecular weight excluding hydrogens is 384 g/mol. The molecule has 1 aliphatic rings. The number of aromatic nitrogens is 2. The minimum atomic E-state index is 0.00354. The van der Waals surface area contributed by atoms with Crippen LogP contribution in [0.2, 0.25) is 0 Å². The molecule has 29 heavy (non-hydrogen) atoms. The van der Waals surface area contributed by atoms with Gasteiger partial charge in [0.1, 0.15) is 5.75 Å². The third kappa shape index (κ3) is 4.82. The lowest BCUT2D eigenvalue weighted by Gasteiger charge is -2.16. The number of aryl methyl sites for hydroxylation is 2. The number of rotatable bonds is 7. The molecule has 1 unspecified atom stereocenters. The highest BCUT2D eigenvalue weighted by molar-refractivity contribution is 7.99. The summed E-state index contributed by atoms with van der Waals surface area (Å²) in [4.78, 5) is 17.9. The Bertz CT molecular complexity index is 1040. The van der Waals surface area contributed by atoms with Crippen LogP contribution in [0.5, 0.6) is 5.75 Å². The van der Waals surface area contributed by atoms with Crippen molar-refractivity contribution in [2.24, 2.45) is 0 Å². The number of hydrogen-bond donors (Lipinski definition) is 0. The molecule has 2 heterocycles. The summed E-state index contributed by atoms with van der Waals surface area (Å²) in [5, 5.41) is 1.38. The normalized spacial score (nSPS) is 16.4. The van der Waals surface area contributed by atoms with Crippen LogP contribution in [0.15, 0.2) is 52.4 Å². The zero-order valence-corrected chi connectivity index (χ0v) is 17.7. The number of para-hydroxylation sites is 1. The lowest BCUT2D eigenvalue weighted by Crippen LogP contribution is -2.29. The fourth-order valence-electron chi connectivity index (χ4n) is 3.72. The Balaban J connectivity index is 1.51. The van der Waals surface area contributed by atoms with Crippen molar-refractivity contribution < 1.29 is 9.47 Å². The molecule has 1 saturated heterocycles. The molecule has 3 aromatic rings. The van der Waals surface area contributed by atoms with Gasteiger partial charge in [-0.1, -0.05) is 30.0 Å². The Morgan fingerprint density at radius 2 is 2.00 bits per heavy atom. The number of nitrogens with zero attached hydrogens (tertiary/aromatic N) is 2. The Hall–Kier alpha value is -2.31. The fourth-order valence-corrected chi connectivity index (χ4v) is 4.54. The van der Waals surface area contributed by atoms with Gasteiger partial charge in [0.05, 0.1) is 30.2 Å². The topological polar surface area (TPSA) is 53.3 Å². The highest BCUT2D eigenvalue weighted by atomic mass is 32.2. The average Bonchev–Trinajstić information content (AvgIpc) is 3.20. The zero-order valence-electron chi connectivity index (χ0n) is 16.9. The van der Waals surface area contributed by atoms with Crippen molar-refractivity contribution in [1.82, 2.24) is 9.55 Å². The molecule has 5 nitrogen and oxygen atoms in total. The molecular formula is C23H26N2O3S. The van der Waals surface area contributed by atoms with E-state index >= 15 is 0 Å². The second-order valence-corrected chi connectivity index (χ2v) is 8.54. The first-order valence-electron chi connectivity index (χ1n) is 10.1. The van der Waals surface area contributed by atoms with Crippen molar-refractivity contribution in [2.75, 3.05) is 19.0 Å². The van der Waals surface area contributed by atoms with Crippen molar-refractivity contribution in [3.8, 4) is 5.75 Å². The maximum atomic E-state index is 13.1. The summed E-state index contributed by atoms with van der Waals surface area (Å²) >= 11 is 1.56. The Morgan fingerprint density at radius 3 is 2.76 bits per heavy atom. The molecule has 0 aliphatic carbocycles. The molecule has 152 valence electrons. The second-order valence-electron chi connectivity index (χ2n) is 7.48. The van der Waals surface area contributed by atoms with Crippen molar-refractivity contribution in [3.05, 3.63) is 63.9 Å². The van der Waals surface area contributed by atoms with Crippen LogP contribution < -0.4 is 10.3 Å². The van der Waals surface area contributed by atoms with E-state index in [9.17, 15) is 4.79 Å². The average molecular weight is 411 g/mol. The van der Waals surface area contributed by atoms with Crippen LogP contribution in [0, 0.1) is 13.8 Å². The van der Waals surface area contributed by atoms with E-state index in [0.29, 0.717) is 24.3 Å². The van der Waals surface area contributed by atoms with Crippen molar-refractivity contribution in [1.29, 1.82) is 0 Å². The van der Waals surface area contributed by atoms with Gasteiger partial charge in [0.2, 0.25) is 0 Å². The number of hydrogen-bond acceptors (Lipinski definition) is 5. The third-order valence-corrected chi connectivity index (χ3v) is 5.96. The highest BCUT2D eigenvalue weighted by Gasteiger charge is 2.20. The molecule has 1 aliphatic heterocycles. The molecule has 0 bridgehead atoms. The van der Waals surface area contributed by atoms with E-state index in [-0.39, 0.29) is 11.7 Å². The van der Waals surface area contributed by atoms with Crippen LogP contribution in [0.25, 0.3) is 10.9 Å². The summed E-state index contributed by atoms with van der Waals surface area (Å²) < 4.78 is 13.5. The van der Waals surface area contributed by atoms with Crippen LogP contribution in [-0.4, -0.2) is 34.6 Å². The molecule has 6 heteroatoms. The van der Waals surface area contributed by atoms with Gasteiger partial charge in [-0.05, 0) is 62.1 Å². The maximum absolute atomic E-state index is 13.1. The van der Waals surface area contributed by atoms with Crippen LogP contribution in [0.1, 0.15) is 24.0 Å². The zero-order chi connectivity index (χ0) is 20.2. The lowest BCUT2D eigenvalue weighted by atomic mass is 10.1. The number of fused-ring (bicyclic) bond motifs is 1. The lowest BCUT2D eigenvalue weighted by molar-refractivity contribution is 0.0937. The van der Waals surface area contributed by atoms with Crippen LogP contribution >= 0.6 is 11.8 Å². The Labute approximate surface area is 175 Å². The summed E-state index contributed by atoms with van der Waals surface area (Å²) in [5.74, 6) is 1.59. The minimum Gasteiger partial charge on any atom is -0.493 e. The smallest absolute Gasteiger partial charge is 0.262 e. The first kappa shape index (κ1) is 20.0. The SMILES string of the molecule is Cc1cc(C)cc(OCCSc2nc3ccccc3c(=O)n2CC2CCCO2)c1. The predicted molar refractivity (Wildman–Crippen MR) is 117 cm³/mol. The molecule has 0 spiro atoms. The minimum absolute atomic E-state index is 0.00354. The Kier molecular flexibility index (Phi) is 6.21. The van der Waals surface area contributed by atoms with E-state index in [4.69, 9.17) is 14.5 Å². The number of thioether (sulfide) groups is 1. The van der Waals surface area contributed by atoms with Gasteiger partial charge in [-0.3, -0.25) is 9.36 Å². The standard InChI is InChI=1S/C23H26N2O3S/c1-16-12-17(2)14-19(13-16)28-10-11-29-23-24-21-8-4-3-7-20(21)22(26)25(23)15-18-6-5-9-27-18/h3-4,7-8,12-14,18H,5-6,9-11,15H2,1-2H3. The van der Waals surface area contributed by atoms with Crippen LogP contribution in [-0.2, 0) is 11.3 Å². The summed E-state index contributed by atoms with van der Waals surface area (Å²) in [5.41, 5.74) is 3.12. The summed E-state index contributed by atoms with van der Waals surface area (Å²) in [6.45, 7) is 6.01. The second kappa shape index (κ2) is 9.01. The predicted octanol–water partition coefficient (Wildman–Crippen LogP) is 4.36. The summed E-state index contributed by atoms with van der Waals surface area (Å²) in [6, 6.07) is 13.7. The third-order valence-electron chi connectivity index (χ3n) is 5.02. The van der Waals surface area contributed by atoms with Gasteiger partial charge in [0.15, 0.2) is 5.16 Å². The van der Waals surface area contributed by atoms with E-state index < -0.39 is 0 Å². The largest absolute Gasteiger partial charge is 0.493 e. The summed E-state index contributed by atoms with van der Waals surface area (Å²) in [6.07, 6.45) is 2.12. The molecule has 0 amide bonds. The van der Waals surface area contributed by atoms with Crippen LogP contribution in [0.3, 0.4) is 0 Å². The molecule has 1 fully saturated rings. The monoisotopic (exact) mass is 410 g/mol. The van der Waals surface area contributed by atoms with E-state index in [1.54, 1.807) is 16.3 Å². The van der Waals surface area contributed by atoms with Gasteiger partial charge in [-0.25, -0.2) is 4.98 Å². The van der Waals surface area contributed by atoms with E-state index in [0.717, 1.165) is 35.9 Å². The van der Waals surface area contributed by atoms with Gasteiger partial charge in [0, 0.05) is 12.4 Å². The molecule has 4 rings (SSSR count). The molecule has 0 saturated carbocycles. The van der Waals surface area contributed by atoms with Crippen molar-refractivity contribution in [3.63, 3.8) is 0 Å². The first-order chi connectivity index (χ1) is 14.1. The van der Waals surface area contributed by atoms with Gasteiger partial charge in [0.25, 0.3) is 5.56 Å². The van der Waals surface area contributed by atoms with E-state index in [1.807, 2.05) is 36.4 Å². The molecule has 2 aromatic carbocycles. The van der Waals surface area contributed by atoms with Crippen molar-refractivity contribution >= 4 is 22.7 Å². The van der Waals surface area contributed by atoms with Crippen LogP contribution in [0.4, 0.5) is 0 Å². The van der Waals surface area contributed by atoms with Gasteiger partial charge < -0.3 is 9.47 Å². The molecule has 1 aromatic heterocycles. The molecule has 0 radical (unpaired) electrons. The fraction of sp³-hybridized carbons (Fsp3) is 0.391. The summed E-state index contributed by atoms with van der Waals surface area (Å²) in [7, 11) is 0. The number of ether oxygens (including phenoxy) is 2. The quantitative estimate of drug-likeness (QED) is 0.329. The maximum Gasteiger partial charge on any atom is 0.262 e. The highest BCUT2D eigenvalue weighted by Crippen LogP contribution is 2.22. The molecule has 1 atom stereocenters. The van der Waals surface area contributed by atoms with Gasteiger partial charge >= 0.3 is 0 Å². The first-order valence-corrected chi connectivity index (χ1v) is 11.0. The van der Waals surface area contributed by atoms with E-state index in [1.165, 1.54) is 11.1 Å². The molecule has 0 N–H and O–H groups in total. The van der Waals surface area contributed by atoms with Gasteiger partial charge in [-0.15, -0.1) is 0 Å². The number of benzene rings is 2. The van der Waals surface area contributed by atoms with Gasteiger partial charge in [-0.2, -0.15) is 0 Å².